The Morgan fingerprint density at radius 1 is 1.16 bits per heavy atom. The van der Waals surface area contributed by atoms with Crippen molar-refractivity contribution in [2.24, 2.45) is 5.92 Å². The highest BCUT2D eigenvalue weighted by atomic mass is 19.1. The van der Waals surface area contributed by atoms with Gasteiger partial charge in [0.1, 0.15) is 11.6 Å². The number of hydrogen-bond donors (Lipinski definition) is 2. The van der Waals surface area contributed by atoms with Gasteiger partial charge in [0.15, 0.2) is 0 Å². The lowest BCUT2D eigenvalue weighted by Gasteiger charge is -2.19. The molecule has 1 aromatic heterocycles. The number of imidazole rings is 1. The van der Waals surface area contributed by atoms with Crippen molar-refractivity contribution in [3.8, 4) is 0 Å². The molecule has 2 aromatic carbocycles. The predicted molar refractivity (Wildman–Crippen MR) is 97.2 cm³/mol. The second-order valence-corrected chi connectivity index (χ2v) is 6.25. The molecule has 4 nitrogen and oxygen atoms in total. The van der Waals surface area contributed by atoms with Crippen LogP contribution in [-0.2, 0) is 4.79 Å². The molecule has 128 valence electrons. The van der Waals surface area contributed by atoms with Crippen LogP contribution in [0.1, 0.15) is 31.3 Å². The first-order valence-electron chi connectivity index (χ1n) is 8.22. The lowest BCUT2D eigenvalue weighted by molar-refractivity contribution is -0.117. The van der Waals surface area contributed by atoms with Gasteiger partial charge in [0, 0.05) is 6.08 Å². The van der Waals surface area contributed by atoms with Gasteiger partial charge in [-0.2, -0.15) is 0 Å². The molecule has 1 atom stereocenters. The molecule has 1 amide bonds. The van der Waals surface area contributed by atoms with E-state index in [4.69, 9.17) is 0 Å². The van der Waals surface area contributed by atoms with Gasteiger partial charge in [0.2, 0.25) is 5.91 Å². The molecule has 2 N–H and O–H groups in total. The summed E-state index contributed by atoms with van der Waals surface area (Å²) in [5.74, 6) is 0.387. The molecule has 0 spiro atoms. The lowest BCUT2D eigenvalue weighted by Crippen LogP contribution is -2.31. The summed E-state index contributed by atoms with van der Waals surface area (Å²) in [5.41, 5.74) is 2.58. The molecule has 3 aromatic rings. The minimum absolute atomic E-state index is 0.170. The third kappa shape index (κ3) is 4.12. The van der Waals surface area contributed by atoms with E-state index in [1.54, 1.807) is 18.2 Å². The summed E-state index contributed by atoms with van der Waals surface area (Å²) in [5, 5.41) is 2.98. The van der Waals surface area contributed by atoms with Crippen LogP contribution in [0.25, 0.3) is 17.1 Å². The summed E-state index contributed by atoms with van der Waals surface area (Å²) in [6.07, 6.45) is 3.11. The molecule has 5 heteroatoms. The Balaban J connectivity index is 1.75. The number of carbonyl (C=O) groups is 1. The fraction of sp³-hybridized carbons (Fsp3) is 0.200. The number of nitrogens with zero attached hydrogens (tertiary/aromatic N) is 1. The molecule has 0 radical (unpaired) electrons. The van der Waals surface area contributed by atoms with Gasteiger partial charge in [-0.1, -0.05) is 38.1 Å². The van der Waals surface area contributed by atoms with E-state index in [2.05, 4.69) is 15.3 Å². The Kier molecular flexibility index (Phi) is 4.93. The average molecular weight is 337 g/mol. The number of amides is 1. The summed E-state index contributed by atoms with van der Waals surface area (Å²) in [4.78, 5) is 20.1. The first-order valence-corrected chi connectivity index (χ1v) is 8.22. The smallest absolute Gasteiger partial charge is 0.244 e. The van der Waals surface area contributed by atoms with Gasteiger partial charge in [-0.25, -0.2) is 9.37 Å². The van der Waals surface area contributed by atoms with Gasteiger partial charge in [-0.15, -0.1) is 0 Å². The Morgan fingerprint density at radius 2 is 1.88 bits per heavy atom. The summed E-state index contributed by atoms with van der Waals surface area (Å²) >= 11 is 0. The number of benzene rings is 2. The molecule has 1 heterocycles. The van der Waals surface area contributed by atoms with Gasteiger partial charge in [-0.3, -0.25) is 4.79 Å². The monoisotopic (exact) mass is 337 g/mol. The van der Waals surface area contributed by atoms with Crippen LogP contribution in [0.5, 0.6) is 0 Å². The average Bonchev–Trinajstić information content (AvgIpc) is 3.02. The number of aromatic amines is 1. The molecule has 0 aliphatic rings. The van der Waals surface area contributed by atoms with Crippen molar-refractivity contribution in [3.05, 3.63) is 71.8 Å². The van der Waals surface area contributed by atoms with E-state index in [9.17, 15) is 9.18 Å². The quantitative estimate of drug-likeness (QED) is 0.685. The zero-order valence-electron chi connectivity index (χ0n) is 14.2. The van der Waals surface area contributed by atoms with Gasteiger partial charge < -0.3 is 10.3 Å². The van der Waals surface area contributed by atoms with Crippen LogP contribution in [0.2, 0.25) is 0 Å². The predicted octanol–water partition coefficient (Wildman–Crippen LogP) is 4.23. The lowest BCUT2D eigenvalue weighted by atomic mass is 10.0. The number of para-hydroxylation sites is 2. The van der Waals surface area contributed by atoms with Crippen LogP contribution in [-0.4, -0.2) is 15.9 Å². The molecular formula is C20H20FN3O. The van der Waals surface area contributed by atoms with E-state index in [-0.39, 0.29) is 23.7 Å². The van der Waals surface area contributed by atoms with Crippen molar-refractivity contribution >= 4 is 23.0 Å². The summed E-state index contributed by atoms with van der Waals surface area (Å²) in [7, 11) is 0. The van der Waals surface area contributed by atoms with E-state index in [0.29, 0.717) is 0 Å². The number of carbonyl (C=O) groups excluding carboxylic acids is 1. The van der Waals surface area contributed by atoms with Crippen molar-refractivity contribution < 1.29 is 9.18 Å². The highest BCUT2D eigenvalue weighted by Gasteiger charge is 2.20. The van der Waals surface area contributed by atoms with Crippen LogP contribution in [0.15, 0.2) is 54.6 Å². The molecule has 0 unspecified atom stereocenters. The number of aromatic nitrogens is 2. The standard InChI is InChI=1S/C20H20FN3O/c1-13(2)19(20-22-16-5-3-4-6-17(16)23-20)24-18(25)12-9-14-7-10-15(21)11-8-14/h3-13,19H,1-2H3,(H,22,23)(H,24,25)/b12-9+/t19-/m0/s1. The van der Waals surface area contributed by atoms with Crippen LogP contribution in [0.4, 0.5) is 4.39 Å². The number of halogens is 1. The number of nitrogens with one attached hydrogen (secondary N) is 2. The van der Waals surface area contributed by atoms with Gasteiger partial charge in [0.05, 0.1) is 17.1 Å². The fourth-order valence-electron chi connectivity index (χ4n) is 2.62. The summed E-state index contributed by atoms with van der Waals surface area (Å²) in [6, 6.07) is 13.5. The number of fused-ring (bicyclic) bond motifs is 1. The molecule has 0 fully saturated rings. The fourth-order valence-corrected chi connectivity index (χ4v) is 2.62. The maximum absolute atomic E-state index is 12.9. The first-order chi connectivity index (χ1) is 12.0. The van der Waals surface area contributed by atoms with Crippen molar-refractivity contribution in [2.75, 3.05) is 0 Å². The Hall–Kier alpha value is -2.95. The normalized spacial score (nSPS) is 12.8. The van der Waals surface area contributed by atoms with Crippen LogP contribution >= 0.6 is 0 Å². The van der Waals surface area contributed by atoms with Gasteiger partial charge in [-0.05, 0) is 41.8 Å². The number of rotatable bonds is 5. The molecule has 0 aliphatic heterocycles. The highest BCUT2D eigenvalue weighted by Crippen LogP contribution is 2.22. The molecule has 0 bridgehead atoms. The molecule has 0 saturated carbocycles. The third-order valence-corrected chi connectivity index (χ3v) is 3.96. The van der Waals surface area contributed by atoms with E-state index in [0.717, 1.165) is 22.4 Å². The largest absolute Gasteiger partial charge is 0.342 e. The minimum atomic E-state index is -0.300. The number of H-pyrrole nitrogens is 1. The minimum Gasteiger partial charge on any atom is -0.342 e. The highest BCUT2D eigenvalue weighted by molar-refractivity contribution is 5.92. The zero-order chi connectivity index (χ0) is 17.8. The molecule has 3 rings (SSSR count). The van der Waals surface area contributed by atoms with E-state index in [1.807, 2.05) is 38.1 Å². The van der Waals surface area contributed by atoms with Crippen molar-refractivity contribution in [2.45, 2.75) is 19.9 Å². The first kappa shape index (κ1) is 16.9. The Labute approximate surface area is 145 Å². The van der Waals surface area contributed by atoms with Crippen LogP contribution in [0, 0.1) is 11.7 Å². The van der Waals surface area contributed by atoms with Crippen molar-refractivity contribution in [1.82, 2.24) is 15.3 Å². The van der Waals surface area contributed by atoms with E-state index in [1.165, 1.54) is 18.2 Å². The Bertz CT molecular complexity index is 864. The molecule has 25 heavy (non-hydrogen) atoms. The van der Waals surface area contributed by atoms with Gasteiger partial charge >= 0.3 is 0 Å². The maximum Gasteiger partial charge on any atom is 0.244 e. The second kappa shape index (κ2) is 7.30. The molecule has 0 saturated heterocycles. The van der Waals surface area contributed by atoms with Crippen molar-refractivity contribution in [1.29, 1.82) is 0 Å². The third-order valence-electron chi connectivity index (χ3n) is 3.96. The number of hydrogen-bond acceptors (Lipinski definition) is 2. The zero-order valence-corrected chi connectivity index (χ0v) is 14.2. The van der Waals surface area contributed by atoms with Gasteiger partial charge in [0.25, 0.3) is 0 Å². The van der Waals surface area contributed by atoms with Crippen LogP contribution in [0.3, 0.4) is 0 Å². The Morgan fingerprint density at radius 3 is 2.56 bits per heavy atom. The van der Waals surface area contributed by atoms with E-state index < -0.39 is 0 Å². The van der Waals surface area contributed by atoms with E-state index >= 15 is 0 Å². The van der Waals surface area contributed by atoms with Crippen LogP contribution < -0.4 is 5.32 Å². The molecular weight excluding hydrogens is 317 g/mol. The SMILES string of the molecule is CC(C)[C@H](NC(=O)/C=C/c1ccc(F)cc1)c1nc2ccccc2[nH]1. The summed E-state index contributed by atoms with van der Waals surface area (Å²) < 4.78 is 12.9. The maximum atomic E-state index is 12.9. The summed E-state index contributed by atoms with van der Waals surface area (Å²) in [6.45, 7) is 4.06. The molecule has 0 aliphatic carbocycles. The van der Waals surface area contributed by atoms with Crippen molar-refractivity contribution in [3.63, 3.8) is 0 Å². The second-order valence-electron chi connectivity index (χ2n) is 6.25. The topological polar surface area (TPSA) is 57.8 Å².